The highest BCUT2D eigenvalue weighted by Gasteiger charge is 2.06. The predicted molar refractivity (Wildman–Crippen MR) is 66.7 cm³/mol. The van der Waals surface area contributed by atoms with E-state index in [2.05, 4.69) is 15.3 Å². The van der Waals surface area contributed by atoms with E-state index in [-0.39, 0.29) is 11.8 Å². The van der Waals surface area contributed by atoms with E-state index < -0.39 is 5.82 Å². The minimum atomic E-state index is -0.543. The standard InChI is InChI=1S/C12H13FN4O/c1-18-10-5-3-2-4-8(10)6-15-11-9(13)7-16-12(14)17-11/h2-5,7H,6H2,1H3,(H3,14,15,16,17). The Morgan fingerprint density at radius 3 is 2.94 bits per heavy atom. The van der Waals surface area contributed by atoms with Gasteiger partial charge in [0, 0.05) is 12.1 Å². The average Bonchev–Trinajstić information content (AvgIpc) is 2.40. The molecule has 18 heavy (non-hydrogen) atoms. The van der Waals surface area contributed by atoms with E-state index in [9.17, 15) is 4.39 Å². The van der Waals surface area contributed by atoms with E-state index in [0.717, 1.165) is 17.5 Å². The van der Waals surface area contributed by atoms with Gasteiger partial charge in [-0.15, -0.1) is 0 Å². The Kier molecular flexibility index (Phi) is 3.57. The Morgan fingerprint density at radius 2 is 2.17 bits per heavy atom. The zero-order chi connectivity index (χ0) is 13.0. The summed E-state index contributed by atoms with van der Waals surface area (Å²) in [6, 6.07) is 7.46. The van der Waals surface area contributed by atoms with Gasteiger partial charge in [0.25, 0.3) is 0 Å². The molecule has 0 saturated carbocycles. The summed E-state index contributed by atoms with van der Waals surface area (Å²) in [5.74, 6) is 0.291. The SMILES string of the molecule is COc1ccccc1CNc1nc(N)ncc1F. The number of aromatic nitrogens is 2. The van der Waals surface area contributed by atoms with Gasteiger partial charge < -0.3 is 15.8 Å². The van der Waals surface area contributed by atoms with E-state index in [1.54, 1.807) is 7.11 Å². The molecule has 0 bridgehead atoms. The number of halogens is 1. The first-order valence-corrected chi connectivity index (χ1v) is 5.34. The van der Waals surface area contributed by atoms with Gasteiger partial charge in [0.2, 0.25) is 5.95 Å². The molecule has 0 aliphatic rings. The lowest BCUT2D eigenvalue weighted by Crippen LogP contribution is -2.07. The molecule has 0 unspecified atom stereocenters. The number of hydrogen-bond acceptors (Lipinski definition) is 5. The van der Waals surface area contributed by atoms with Crippen molar-refractivity contribution >= 4 is 11.8 Å². The van der Waals surface area contributed by atoms with Gasteiger partial charge in [0.05, 0.1) is 13.3 Å². The molecule has 0 fully saturated rings. The first-order chi connectivity index (χ1) is 8.70. The Bertz CT molecular complexity index is 547. The first-order valence-electron chi connectivity index (χ1n) is 5.34. The van der Waals surface area contributed by atoms with Crippen LogP contribution in [0.4, 0.5) is 16.2 Å². The van der Waals surface area contributed by atoms with Crippen LogP contribution in [0.2, 0.25) is 0 Å². The van der Waals surface area contributed by atoms with Gasteiger partial charge in [-0.05, 0) is 6.07 Å². The summed E-state index contributed by atoms with van der Waals surface area (Å²) in [6.07, 6.45) is 1.03. The summed E-state index contributed by atoms with van der Waals surface area (Å²) in [7, 11) is 1.59. The van der Waals surface area contributed by atoms with Crippen LogP contribution < -0.4 is 15.8 Å². The molecular formula is C12H13FN4O. The zero-order valence-corrected chi connectivity index (χ0v) is 9.85. The highest BCUT2D eigenvalue weighted by atomic mass is 19.1. The Labute approximate surface area is 104 Å². The summed E-state index contributed by atoms with van der Waals surface area (Å²) in [5, 5.41) is 2.86. The van der Waals surface area contributed by atoms with Crippen LogP contribution in [0.5, 0.6) is 5.75 Å². The number of hydrogen-bond donors (Lipinski definition) is 2. The number of nitrogens with two attached hydrogens (primary N) is 1. The molecule has 0 amide bonds. The van der Waals surface area contributed by atoms with Gasteiger partial charge in [-0.1, -0.05) is 18.2 Å². The molecule has 2 aromatic rings. The maximum atomic E-state index is 13.4. The summed E-state index contributed by atoms with van der Waals surface area (Å²) >= 11 is 0. The maximum Gasteiger partial charge on any atom is 0.222 e. The smallest absolute Gasteiger partial charge is 0.222 e. The number of nitrogens with one attached hydrogen (secondary N) is 1. The quantitative estimate of drug-likeness (QED) is 0.863. The zero-order valence-electron chi connectivity index (χ0n) is 9.85. The van der Waals surface area contributed by atoms with Crippen molar-refractivity contribution in [3.05, 3.63) is 41.8 Å². The molecule has 2 rings (SSSR count). The third-order valence-electron chi connectivity index (χ3n) is 2.40. The number of methoxy groups -OCH3 is 1. The number of nitrogen functional groups attached to an aromatic ring is 1. The third-order valence-corrected chi connectivity index (χ3v) is 2.40. The molecule has 3 N–H and O–H groups in total. The summed E-state index contributed by atoms with van der Waals surface area (Å²) in [5.41, 5.74) is 6.30. The second-order valence-electron chi connectivity index (χ2n) is 3.59. The lowest BCUT2D eigenvalue weighted by Gasteiger charge is -2.10. The van der Waals surface area contributed by atoms with Crippen molar-refractivity contribution < 1.29 is 9.13 Å². The lowest BCUT2D eigenvalue weighted by atomic mass is 10.2. The van der Waals surface area contributed by atoms with Crippen molar-refractivity contribution in [2.45, 2.75) is 6.54 Å². The van der Waals surface area contributed by atoms with E-state index in [0.29, 0.717) is 6.54 Å². The van der Waals surface area contributed by atoms with Crippen molar-refractivity contribution in [3.63, 3.8) is 0 Å². The topological polar surface area (TPSA) is 73.1 Å². The predicted octanol–water partition coefficient (Wildman–Crippen LogP) is 1.82. The van der Waals surface area contributed by atoms with Crippen LogP contribution in [-0.2, 0) is 6.54 Å². The van der Waals surface area contributed by atoms with E-state index >= 15 is 0 Å². The van der Waals surface area contributed by atoms with Crippen molar-refractivity contribution in [2.24, 2.45) is 0 Å². The van der Waals surface area contributed by atoms with E-state index in [1.165, 1.54) is 0 Å². The molecule has 0 aliphatic carbocycles. The fourth-order valence-electron chi connectivity index (χ4n) is 1.53. The molecule has 0 saturated heterocycles. The van der Waals surface area contributed by atoms with Gasteiger partial charge in [-0.25, -0.2) is 9.37 Å². The minimum absolute atomic E-state index is 0.0268. The number of ether oxygens (including phenoxy) is 1. The summed E-state index contributed by atoms with van der Waals surface area (Å²) < 4.78 is 18.6. The van der Waals surface area contributed by atoms with Crippen LogP contribution in [0.3, 0.4) is 0 Å². The molecule has 1 aromatic carbocycles. The molecule has 94 valence electrons. The molecule has 0 aliphatic heterocycles. The molecule has 0 atom stereocenters. The van der Waals surface area contributed by atoms with Gasteiger partial charge >= 0.3 is 0 Å². The first kappa shape index (κ1) is 12.1. The highest BCUT2D eigenvalue weighted by molar-refractivity contribution is 5.42. The largest absolute Gasteiger partial charge is 0.496 e. The van der Waals surface area contributed by atoms with Gasteiger partial charge in [-0.2, -0.15) is 4.98 Å². The molecule has 5 nitrogen and oxygen atoms in total. The van der Waals surface area contributed by atoms with Crippen molar-refractivity contribution in [1.29, 1.82) is 0 Å². The summed E-state index contributed by atoms with van der Waals surface area (Å²) in [4.78, 5) is 7.34. The van der Waals surface area contributed by atoms with Crippen molar-refractivity contribution in [3.8, 4) is 5.75 Å². The number of para-hydroxylation sites is 1. The fraction of sp³-hybridized carbons (Fsp3) is 0.167. The number of benzene rings is 1. The molecule has 6 heteroatoms. The monoisotopic (exact) mass is 248 g/mol. The molecule has 0 spiro atoms. The third kappa shape index (κ3) is 2.65. The minimum Gasteiger partial charge on any atom is -0.496 e. The molecular weight excluding hydrogens is 235 g/mol. The van der Waals surface area contributed by atoms with Gasteiger partial charge in [-0.3, -0.25) is 0 Å². The second-order valence-corrected chi connectivity index (χ2v) is 3.59. The van der Waals surface area contributed by atoms with Gasteiger partial charge in [0.15, 0.2) is 11.6 Å². The van der Waals surface area contributed by atoms with Crippen LogP contribution in [0.25, 0.3) is 0 Å². The van der Waals surface area contributed by atoms with Crippen LogP contribution >= 0.6 is 0 Å². The second kappa shape index (κ2) is 5.31. The molecule has 0 radical (unpaired) electrons. The molecule has 1 heterocycles. The fourth-order valence-corrected chi connectivity index (χ4v) is 1.53. The Hall–Kier alpha value is -2.37. The number of anilines is 2. The van der Waals surface area contributed by atoms with Crippen LogP contribution in [-0.4, -0.2) is 17.1 Å². The lowest BCUT2D eigenvalue weighted by molar-refractivity contribution is 0.410. The van der Waals surface area contributed by atoms with Crippen LogP contribution in [0, 0.1) is 5.82 Å². The maximum absolute atomic E-state index is 13.4. The van der Waals surface area contributed by atoms with Gasteiger partial charge in [0.1, 0.15) is 5.75 Å². The molecule has 1 aromatic heterocycles. The number of nitrogens with zero attached hydrogens (tertiary/aromatic N) is 2. The Morgan fingerprint density at radius 1 is 1.39 bits per heavy atom. The van der Waals surface area contributed by atoms with Crippen LogP contribution in [0.1, 0.15) is 5.56 Å². The Balaban J connectivity index is 2.14. The van der Waals surface area contributed by atoms with E-state index in [4.69, 9.17) is 10.5 Å². The number of rotatable bonds is 4. The summed E-state index contributed by atoms with van der Waals surface area (Å²) in [6.45, 7) is 0.386. The van der Waals surface area contributed by atoms with Crippen molar-refractivity contribution in [2.75, 3.05) is 18.2 Å². The van der Waals surface area contributed by atoms with E-state index in [1.807, 2.05) is 24.3 Å². The van der Waals surface area contributed by atoms with Crippen molar-refractivity contribution in [1.82, 2.24) is 9.97 Å². The van der Waals surface area contributed by atoms with Crippen LogP contribution in [0.15, 0.2) is 30.5 Å². The average molecular weight is 248 g/mol. The normalized spacial score (nSPS) is 10.1. The highest BCUT2D eigenvalue weighted by Crippen LogP contribution is 2.19.